The molecule has 0 spiro atoms. The van der Waals surface area contributed by atoms with E-state index in [4.69, 9.17) is 9.84 Å². The lowest BCUT2D eigenvalue weighted by Gasteiger charge is -2.38. The van der Waals surface area contributed by atoms with Crippen LogP contribution in [-0.2, 0) is 9.59 Å². The number of benzene rings is 1. The number of carbonyl (C=O) groups is 2. The summed E-state index contributed by atoms with van der Waals surface area (Å²) in [6.45, 7) is 3.80. The maximum Gasteiger partial charge on any atom is 0.306 e. The smallest absolute Gasteiger partial charge is 0.306 e. The summed E-state index contributed by atoms with van der Waals surface area (Å²) in [5.74, 6) is -1.60. The van der Waals surface area contributed by atoms with Crippen LogP contribution in [0.15, 0.2) is 18.2 Å². The van der Waals surface area contributed by atoms with Crippen molar-refractivity contribution in [2.45, 2.75) is 51.2 Å². The van der Waals surface area contributed by atoms with Crippen molar-refractivity contribution in [3.63, 3.8) is 0 Å². The number of aliphatic carboxylic acids is 1. The highest BCUT2D eigenvalue weighted by Gasteiger charge is 2.38. The molecule has 1 aromatic rings. The van der Waals surface area contributed by atoms with E-state index in [0.29, 0.717) is 31.4 Å². The minimum atomic E-state index is -0.835. The maximum atomic E-state index is 13.5. The number of rotatable bonds is 3. The first-order valence-corrected chi connectivity index (χ1v) is 8.27. The van der Waals surface area contributed by atoms with Crippen LogP contribution in [0.2, 0.25) is 0 Å². The van der Waals surface area contributed by atoms with Crippen molar-refractivity contribution in [1.29, 1.82) is 0 Å². The van der Waals surface area contributed by atoms with E-state index in [1.54, 1.807) is 6.07 Å². The summed E-state index contributed by atoms with van der Waals surface area (Å²) in [6.07, 6.45) is 2.08. The number of carbonyl (C=O) groups excluding carboxylic acids is 1. The van der Waals surface area contributed by atoms with E-state index in [2.05, 4.69) is 5.32 Å². The molecule has 1 fully saturated rings. The molecule has 3 rings (SSSR count). The van der Waals surface area contributed by atoms with Crippen LogP contribution in [0.1, 0.15) is 51.1 Å². The minimum absolute atomic E-state index is 0.128. The SMILES string of the molecule is CC1(C)CC(NC(=O)[C@@H]2CC[C@H](C(=O)O)C2)c2ccc(F)cc2O1. The highest BCUT2D eigenvalue weighted by atomic mass is 19.1. The van der Waals surface area contributed by atoms with Gasteiger partial charge in [0.15, 0.2) is 0 Å². The van der Waals surface area contributed by atoms with E-state index in [9.17, 15) is 14.0 Å². The Bertz CT molecular complexity index is 673. The number of ether oxygens (including phenoxy) is 1. The van der Waals surface area contributed by atoms with E-state index in [-0.39, 0.29) is 23.7 Å². The van der Waals surface area contributed by atoms with Gasteiger partial charge in [0.25, 0.3) is 0 Å². The molecule has 6 heteroatoms. The van der Waals surface area contributed by atoms with Gasteiger partial charge < -0.3 is 15.2 Å². The summed E-state index contributed by atoms with van der Waals surface area (Å²) in [6, 6.07) is 4.07. The van der Waals surface area contributed by atoms with Crippen LogP contribution in [0.4, 0.5) is 4.39 Å². The van der Waals surface area contributed by atoms with Crippen LogP contribution in [-0.4, -0.2) is 22.6 Å². The van der Waals surface area contributed by atoms with E-state index in [0.717, 1.165) is 5.56 Å². The van der Waals surface area contributed by atoms with Crippen molar-refractivity contribution in [2.75, 3.05) is 0 Å². The molecule has 24 heavy (non-hydrogen) atoms. The standard InChI is InChI=1S/C18H22FNO4/c1-18(2)9-14(13-6-5-12(19)8-15(13)24-18)20-16(21)10-3-4-11(7-10)17(22)23/h5-6,8,10-11,14H,3-4,7,9H2,1-2H3,(H,20,21)(H,22,23)/t10-,11+,14?/m1/s1. The quantitative estimate of drug-likeness (QED) is 0.890. The Balaban J connectivity index is 1.75. The molecule has 0 bridgehead atoms. The fourth-order valence-electron chi connectivity index (χ4n) is 3.69. The lowest BCUT2D eigenvalue weighted by molar-refractivity contribution is -0.141. The fourth-order valence-corrected chi connectivity index (χ4v) is 3.69. The zero-order valence-electron chi connectivity index (χ0n) is 13.8. The average molecular weight is 335 g/mol. The number of fused-ring (bicyclic) bond motifs is 1. The first kappa shape index (κ1) is 16.7. The highest BCUT2D eigenvalue weighted by Crippen LogP contribution is 2.40. The number of hydrogen-bond donors (Lipinski definition) is 2. The number of amides is 1. The van der Waals surface area contributed by atoms with Gasteiger partial charge in [0.2, 0.25) is 5.91 Å². The third-order valence-corrected chi connectivity index (χ3v) is 4.90. The van der Waals surface area contributed by atoms with Crippen LogP contribution in [0.25, 0.3) is 0 Å². The second-order valence-corrected chi connectivity index (χ2v) is 7.35. The highest BCUT2D eigenvalue weighted by molar-refractivity contribution is 5.81. The Morgan fingerprint density at radius 2 is 2.00 bits per heavy atom. The summed E-state index contributed by atoms with van der Waals surface area (Å²) in [4.78, 5) is 23.6. The molecule has 1 saturated carbocycles. The normalized spacial score (nSPS) is 27.9. The Hall–Kier alpha value is -2.11. The Kier molecular flexibility index (Phi) is 4.24. The predicted octanol–water partition coefficient (Wildman–Crippen LogP) is 3.05. The van der Waals surface area contributed by atoms with E-state index in [1.807, 2.05) is 13.8 Å². The van der Waals surface area contributed by atoms with Crippen molar-refractivity contribution in [2.24, 2.45) is 11.8 Å². The van der Waals surface area contributed by atoms with Gasteiger partial charge in [0.1, 0.15) is 17.2 Å². The predicted molar refractivity (Wildman–Crippen MR) is 85.1 cm³/mol. The first-order valence-electron chi connectivity index (χ1n) is 8.27. The minimum Gasteiger partial charge on any atom is -0.487 e. The lowest BCUT2D eigenvalue weighted by atomic mass is 9.89. The molecule has 0 saturated heterocycles. The Morgan fingerprint density at radius 1 is 1.29 bits per heavy atom. The van der Waals surface area contributed by atoms with Gasteiger partial charge in [0, 0.05) is 24.0 Å². The van der Waals surface area contributed by atoms with Gasteiger partial charge in [-0.2, -0.15) is 0 Å². The molecule has 3 atom stereocenters. The van der Waals surface area contributed by atoms with Gasteiger partial charge >= 0.3 is 5.97 Å². The molecular formula is C18H22FNO4. The second kappa shape index (κ2) is 6.07. The van der Waals surface area contributed by atoms with Crippen molar-refractivity contribution in [1.82, 2.24) is 5.32 Å². The van der Waals surface area contributed by atoms with E-state index in [1.165, 1.54) is 12.1 Å². The molecule has 0 aromatic heterocycles. The summed E-state index contributed by atoms with van der Waals surface area (Å²) >= 11 is 0. The Labute approximate surface area is 140 Å². The Morgan fingerprint density at radius 3 is 2.67 bits per heavy atom. The van der Waals surface area contributed by atoms with Gasteiger partial charge in [-0.3, -0.25) is 9.59 Å². The monoisotopic (exact) mass is 335 g/mol. The van der Waals surface area contributed by atoms with Crippen molar-refractivity contribution in [3.8, 4) is 5.75 Å². The number of nitrogens with one attached hydrogen (secondary N) is 1. The molecule has 5 nitrogen and oxygen atoms in total. The number of carboxylic acid groups (broad SMARTS) is 1. The molecule has 130 valence electrons. The van der Waals surface area contributed by atoms with Gasteiger partial charge in [-0.25, -0.2) is 4.39 Å². The lowest BCUT2D eigenvalue weighted by Crippen LogP contribution is -2.42. The van der Waals surface area contributed by atoms with E-state index >= 15 is 0 Å². The second-order valence-electron chi connectivity index (χ2n) is 7.35. The zero-order valence-corrected chi connectivity index (χ0v) is 13.8. The average Bonchev–Trinajstić information content (AvgIpc) is 2.95. The molecule has 1 amide bonds. The molecule has 0 radical (unpaired) electrons. The third-order valence-electron chi connectivity index (χ3n) is 4.90. The summed E-state index contributed by atoms with van der Waals surface area (Å²) in [7, 11) is 0. The molecule has 1 heterocycles. The van der Waals surface area contributed by atoms with Gasteiger partial charge in [0.05, 0.1) is 12.0 Å². The maximum absolute atomic E-state index is 13.5. The van der Waals surface area contributed by atoms with Crippen molar-refractivity contribution < 1.29 is 23.8 Å². The fraction of sp³-hybridized carbons (Fsp3) is 0.556. The molecule has 1 unspecified atom stereocenters. The molecule has 1 aromatic carbocycles. The van der Waals surface area contributed by atoms with Crippen LogP contribution in [0.3, 0.4) is 0 Å². The summed E-state index contributed by atoms with van der Waals surface area (Å²) in [5.41, 5.74) is 0.245. The third kappa shape index (κ3) is 3.37. The van der Waals surface area contributed by atoms with E-state index < -0.39 is 17.5 Å². The molecule has 2 aliphatic rings. The van der Waals surface area contributed by atoms with Crippen molar-refractivity contribution >= 4 is 11.9 Å². The molecular weight excluding hydrogens is 313 g/mol. The molecule has 1 aliphatic heterocycles. The first-order chi connectivity index (χ1) is 11.2. The summed E-state index contributed by atoms with van der Waals surface area (Å²) < 4.78 is 19.3. The van der Waals surface area contributed by atoms with Gasteiger partial charge in [-0.1, -0.05) is 6.07 Å². The topological polar surface area (TPSA) is 75.6 Å². The summed E-state index contributed by atoms with van der Waals surface area (Å²) in [5, 5.41) is 12.1. The van der Waals surface area contributed by atoms with Crippen LogP contribution < -0.4 is 10.1 Å². The number of carboxylic acids is 1. The van der Waals surface area contributed by atoms with Gasteiger partial charge in [-0.05, 0) is 39.2 Å². The number of hydrogen-bond acceptors (Lipinski definition) is 3. The van der Waals surface area contributed by atoms with Crippen LogP contribution in [0, 0.1) is 17.7 Å². The van der Waals surface area contributed by atoms with Crippen LogP contribution in [0.5, 0.6) is 5.75 Å². The van der Waals surface area contributed by atoms with Crippen molar-refractivity contribution in [3.05, 3.63) is 29.6 Å². The zero-order chi connectivity index (χ0) is 17.5. The van der Waals surface area contributed by atoms with Crippen LogP contribution >= 0.6 is 0 Å². The number of halogens is 1. The van der Waals surface area contributed by atoms with Gasteiger partial charge in [-0.15, -0.1) is 0 Å². The molecule has 1 aliphatic carbocycles. The largest absolute Gasteiger partial charge is 0.487 e. The molecule has 2 N–H and O–H groups in total.